The maximum Gasteiger partial charge on any atom is 0.352 e. The lowest BCUT2D eigenvalue weighted by Crippen LogP contribution is -2.46. The van der Waals surface area contributed by atoms with Gasteiger partial charge in [0.2, 0.25) is 11.8 Å². The number of anilines is 1. The van der Waals surface area contributed by atoms with Gasteiger partial charge >= 0.3 is 5.69 Å². The zero-order valence-electron chi connectivity index (χ0n) is 16.6. The van der Waals surface area contributed by atoms with Crippen molar-refractivity contribution in [2.45, 2.75) is 38.8 Å². The minimum atomic E-state index is -0.961. The molecule has 1 saturated heterocycles. The number of likely N-dealkylation sites (tertiary alicyclic amines) is 1. The van der Waals surface area contributed by atoms with Crippen LogP contribution in [-0.4, -0.2) is 46.5 Å². The van der Waals surface area contributed by atoms with E-state index in [4.69, 9.17) is 4.74 Å². The van der Waals surface area contributed by atoms with Gasteiger partial charge in [-0.25, -0.2) is 13.6 Å². The molecule has 9 heteroatoms. The minimum absolute atomic E-state index is 0.0525. The fourth-order valence-electron chi connectivity index (χ4n) is 3.91. The van der Waals surface area contributed by atoms with E-state index in [1.54, 1.807) is 6.07 Å². The number of nitrogens with zero attached hydrogens (tertiary/aromatic N) is 4. The second kappa shape index (κ2) is 8.81. The number of fused-ring (bicyclic) bond motifs is 1. The molecule has 1 aromatic carbocycles. The van der Waals surface area contributed by atoms with Gasteiger partial charge in [-0.15, -0.1) is 0 Å². The molecule has 0 N–H and O–H groups in total. The van der Waals surface area contributed by atoms with Gasteiger partial charge < -0.3 is 14.5 Å². The number of carbonyl (C=O) groups excluding carboxylic acids is 1. The second-order valence-electron chi connectivity index (χ2n) is 7.64. The van der Waals surface area contributed by atoms with Gasteiger partial charge in [-0.3, -0.25) is 9.36 Å². The van der Waals surface area contributed by atoms with Crippen molar-refractivity contribution in [1.29, 1.82) is 0 Å². The fraction of sp³-hybridized carbons (Fsp3) is 0.476. The normalized spacial score (nSPS) is 16.3. The van der Waals surface area contributed by atoms with Crippen molar-refractivity contribution in [3.63, 3.8) is 0 Å². The molecule has 160 valence electrons. The Morgan fingerprint density at radius 2 is 1.80 bits per heavy atom. The predicted molar refractivity (Wildman–Crippen MR) is 106 cm³/mol. The zero-order valence-corrected chi connectivity index (χ0v) is 16.6. The Hall–Kier alpha value is -2.97. The first kappa shape index (κ1) is 20.3. The average molecular weight is 418 g/mol. The van der Waals surface area contributed by atoms with Crippen molar-refractivity contribution in [2.75, 3.05) is 31.1 Å². The standard InChI is InChI=1S/C21H24F2N4O3/c22-16-6-5-15(11-17(16)23)14-30-18-12-19-26(9-4-10-27(19)21(29)24-18)13-20(28)25-7-2-1-3-8-25/h5-6,11-12H,1-4,7-10,13-14H2. The quantitative estimate of drug-likeness (QED) is 0.746. The molecule has 1 amide bonds. The molecule has 30 heavy (non-hydrogen) atoms. The van der Waals surface area contributed by atoms with Crippen LogP contribution in [0.25, 0.3) is 0 Å². The van der Waals surface area contributed by atoms with Crippen LogP contribution in [0.1, 0.15) is 31.2 Å². The molecule has 0 atom stereocenters. The highest BCUT2D eigenvalue weighted by Crippen LogP contribution is 2.23. The van der Waals surface area contributed by atoms with E-state index in [-0.39, 0.29) is 24.9 Å². The van der Waals surface area contributed by atoms with Crippen molar-refractivity contribution in [2.24, 2.45) is 0 Å². The summed E-state index contributed by atoms with van der Waals surface area (Å²) in [6, 6.07) is 5.11. The maximum absolute atomic E-state index is 13.4. The Labute approximate surface area is 172 Å². The highest BCUT2D eigenvalue weighted by molar-refractivity contribution is 5.81. The topological polar surface area (TPSA) is 67.7 Å². The van der Waals surface area contributed by atoms with Crippen LogP contribution in [0.5, 0.6) is 5.88 Å². The average Bonchev–Trinajstić information content (AvgIpc) is 2.76. The summed E-state index contributed by atoms with van der Waals surface area (Å²) in [6.45, 7) is 2.88. The first-order valence-electron chi connectivity index (χ1n) is 10.2. The van der Waals surface area contributed by atoms with E-state index >= 15 is 0 Å². The van der Waals surface area contributed by atoms with E-state index in [1.807, 2.05) is 9.80 Å². The van der Waals surface area contributed by atoms with Gasteiger partial charge in [0.25, 0.3) is 0 Å². The van der Waals surface area contributed by atoms with Crippen molar-refractivity contribution >= 4 is 11.7 Å². The van der Waals surface area contributed by atoms with Crippen LogP contribution in [0.2, 0.25) is 0 Å². The monoisotopic (exact) mass is 418 g/mol. The molecule has 2 aliphatic rings. The third kappa shape index (κ3) is 4.44. The molecule has 7 nitrogen and oxygen atoms in total. The van der Waals surface area contributed by atoms with E-state index in [0.29, 0.717) is 24.5 Å². The van der Waals surface area contributed by atoms with Crippen LogP contribution in [0.3, 0.4) is 0 Å². The molecule has 2 aliphatic heterocycles. The van der Waals surface area contributed by atoms with E-state index in [2.05, 4.69) is 4.98 Å². The van der Waals surface area contributed by atoms with Crippen LogP contribution in [0.4, 0.5) is 14.6 Å². The first-order valence-corrected chi connectivity index (χ1v) is 10.2. The number of hydrogen-bond donors (Lipinski definition) is 0. The number of piperidine rings is 1. The second-order valence-corrected chi connectivity index (χ2v) is 7.64. The number of ether oxygens (including phenoxy) is 1. The van der Waals surface area contributed by atoms with Crippen LogP contribution >= 0.6 is 0 Å². The predicted octanol–water partition coefficient (Wildman–Crippen LogP) is 2.32. The van der Waals surface area contributed by atoms with Crippen molar-refractivity contribution < 1.29 is 18.3 Å². The molecule has 0 saturated carbocycles. The number of amides is 1. The van der Waals surface area contributed by atoms with Crippen LogP contribution in [0.15, 0.2) is 29.1 Å². The van der Waals surface area contributed by atoms with Gasteiger partial charge in [0.1, 0.15) is 12.4 Å². The number of benzene rings is 1. The summed E-state index contributed by atoms with van der Waals surface area (Å²) in [5, 5.41) is 0. The summed E-state index contributed by atoms with van der Waals surface area (Å²) in [5.41, 5.74) is -0.0337. The molecule has 0 radical (unpaired) electrons. The van der Waals surface area contributed by atoms with Gasteiger partial charge in [0, 0.05) is 32.2 Å². The highest BCUT2D eigenvalue weighted by atomic mass is 19.2. The van der Waals surface area contributed by atoms with Gasteiger partial charge in [0.15, 0.2) is 11.6 Å². The molecule has 3 heterocycles. The summed E-state index contributed by atoms with van der Waals surface area (Å²) in [5.74, 6) is -1.16. The Morgan fingerprint density at radius 3 is 2.57 bits per heavy atom. The van der Waals surface area contributed by atoms with E-state index in [9.17, 15) is 18.4 Å². The molecular formula is C21H24F2N4O3. The molecule has 2 aromatic rings. The molecule has 0 bridgehead atoms. The summed E-state index contributed by atoms with van der Waals surface area (Å²) < 4.78 is 33.6. The van der Waals surface area contributed by atoms with Crippen LogP contribution in [-0.2, 0) is 17.9 Å². The smallest absolute Gasteiger partial charge is 0.352 e. The number of aromatic nitrogens is 2. The van der Waals surface area contributed by atoms with E-state index < -0.39 is 17.3 Å². The molecular weight excluding hydrogens is 394 g/mol. The van der Waals surface area contributed by atoms with Crippen molar-refractivity contribution in [3.05, 3.63) is 51.9 Å². The minimum Gasteiger partial charge on any atom is -0.473 e. The SMILES string of the molecule is O=C(CN1CCCn2c1cc(OCc1ccc(F)c(F)c1)nc2=O)N1CCCCC1. The Balaban J connectivity index is 1.50. The van der Waals surface area contributed by atoms with Gasteiger partial charge in [0.05, 0.1) is 6.54 Å². The molecule has 0 aliphatic carbocycles. The summed E-state index contributed by atoms with van der Waals surface area (Å²) in [7, 11) is 0. The number of carbonyl (C=O) groups is 1. The molecule has 1 fully saturated rings. The van der Waals surface area contributed by atoms with E-state index in [1.165, 1.54) is 10.6 Å². The van der Waals surface area contributed by atoms with Crippen molar-refractivity contribution in [1.82, 2.24) is 14.5 Å². The number of halogens is 2. The molecule has 0 unspecified atom stereocenters. The Bertz CT molecular complexity index is 989. The molecule has 1 aromatic heterocycles. The lowest BCUT2D eigenvalue weighted by molar-refractivity contribution is -0.130. The Morgan fingerprint density at radius 1 is 1.00 bits per heavy atom. The largest absolute Gasteiger partial charge is 0.473 e. The fourth-order valence-corrected chi connectivity index (χ4v) is 3.91. The van der Waals surface area contributed by atoms with Gasteiger partial charge in [-0.1, -0.05) is 6.07 Å². The van der Waals surface area contributed by atoms with E-state index in [0.717, 1.165) is 50.9 Å². The Kier molecular flexibility index (Phi) is 5.96. The third-order valence-corrected chi connectivity index (χ3v) is 5.51. The lowest BCUT2D eigenvalue weighted by atomic mass is 10.1. The third-order valence-electron chi connectivity index (χ3n) is 5.51. The summed E-state index contributed by atoms with van der Waals surface area (Å²) in [6.07, 6.45) is 3.94. The maximum atomic E-state index is 13.4. The number of rotatable bonds is 5. The van der Waals surface area contributed by atoms with Crippen LogP contribution < -0.4 is 15.3 Å². The summed E-state index contributed by atoms with van der Waals surface area (Å²) >= 11 is 0. The van der Waals surface area contributed by atoms with Crippen molar-refractivity contribution in [3.8, 4) is 5.88 Å². The summed E-state index contributed by atoms with van der Waals surface area (Å²) in [4.78, 5) is 32.9. The van der Waals surface area contributed by atoms with Gasteiger partial charge in [-0.2, -0.15) is 4.98 Å². The molecule has 4 rings (SSSR count). The zero-order chi connectivity index (χ0) is 21.1. The highest BCUT2D eigenvalue weighted by Gasteiger charge is 2.25. The van der Waals surface area contributed by atoms with Crippen LogP contribution in [0, 0.1) is 11.6 Å². The number of hydrogen-bond acceptors (Lipinski definition) is 5. The lowest BCUT2D eigenvalue weighted by Gasteiger charge is -2.34. The van der Waals surface area contributed by atoms with Gasteiger partial charge in [-0.05, 0) is 43.4 Å². The first-order chi connectivity index (χ1) is 14.5. The molecule has 0 spiro atoms.